The lowest BCUT2D eigenvalue weighted by Crippen LogP contribution is -2.55. The van der Waals surface area contributed by atoms with Crippen molar-refractivity contribution in [2.24, 2.45) is 0 Å². The number of carbonyl (C=O) groups is 1. The van der Waals surface area contributed by atoms with E-state index >= 15 is 0 Å². The normalized spacial score (nSPS) is 20.0. The van der Waals surface area contributed by atoms with Crippen molar-refractivity contribution in [1.82, 2.24) is 14.9 Å². The van der Waals surface area contributed by atoms with Crippen LogP contribution < -0.4 is 4.90 Å². The van der Waals surface area contributed by atoms with Crippen molar-refractivity contribution in [3.05, 3.63) is 53.9 Å². The summed E-state index contributed by atoms with van der Waals surface area (Å²) in [6, 6.07) is 9.68. The van der Waals surface area contributed by atoms with Crippen LogP contribution >= 0.6 is 0 Å². The van der Waals surface area contributed by atoms with Gasteiger partial charge in [0.25, 0.3) is 0 Å². The predicted octanol–water partition coefficient (Wildman–Crippen LogP) is 1.82. The summed E-state index contributed by atoms with van der Waals surface area (Å²) in [6.07, 6.45) is 5.26. The molecular weight excluding hydrogens is 328 g/mol. The van der Waals surface area contributed by atoms with Gasteiger partial charge in [0.2, 0.25) is 11.9 Å². The molecule has 0 bridgehead atoms. The molecule has 2 aromatic rings. The number of hydrogen-bond donors (Lipinski definition) is 1. The van der Waals surface area contributed by atoms with Crippen molar-refractivity contribution in [2.45, 2.75) is 31.8 Å². The quantitative estimate of drug-likeness (QED) is 0.887. The molecule has 0 unspecified atom stereocenters. The Morgan fingerprint density at radius 2 is 2.00 bits per heavy atom. The van der Waals surface area contributed by atoms with Crippen LogP contribution in [-0.4, -0.2) is 58.2 Å². The summed E-state index contributed by atoms with van der Waals surface area (Å²) in [6.45, 7) is 3.56. The van der Waals surface area contributed by atoms with E-state index in [1.807, 2.05) is 36.1 Å². The molecule has 1 fully saturated rings. The Morgan fingerprint density at radius 3 is 2.73 bits per heavy atom. The fraction of sp³-hybridized carbons (Fsp3) is 0.450. The fourth-order valence-electron chi connectivity index (χ4n) is 3.50. The molecule has 0 saturated carbocycles. The number of likely N-dealkylation sites (N-methyl/N-ethyl adjacent to an activating group) is 1. The zero-order valence-corrected chi connectivity index (χ0v) is 15.4. The third kappa shape index (κ3) is 4.38. The summed E-state index contributed by atoms with van der Waals surface area (Å²) < 4.78 is 0. The number of β-amino-alcohol motifs (C(OH)–C–C–N with tert-alkyl or cyclic N) is 1. The zero-order valence-electron chi connectivity index (χ0n) is 15.4. The van der Waals surface area contributed by atoms with Crippen LogP contribution in [-0.2, 0) is 11.2 Å². The maximum absolute atomic E-state index is 12.6. The van der Waals surface area contributed by atoms with Gasteiger partial charge in [0, 0.05) is 26.0 Å². The van der Waals surface area contributed by atoms with Crippen molar-refractivity contribution in [2.75, 3.05) is 31.6 Å². The van der Waals surface area contributed by atoms with Gasteiger partial charge in [-0.15, -0.1) is 0 Å². The van der Waals surface area contributed by atoms with Gasteiger partial charge in [-0.1, -0.05) is 24.3 Å². The number of carbonyl (C=O) groups excluding carboxylic acids is 1. The number of hydrogen-bond acceptors (Lipinski definition) is 5. The lowest BCUT2D eigenvalue weighted by atomic mass is 9.92. The average Bonchev–Trinajstić information content (AvgIpc) is 2.64. The first kappa shape index (κ1) is 18.3. The summed E-state index contributed by atoms with van der Waals surface area (Å²) >= 11 is 0. The molecule has 0 aliphatic carbocycles. The molecule has 6 heteroatoms. The number of benzene rings is 1. The van der Waals surface area contributed by atoms with E-state index in [0.29, 0.717) is 31.9 Å². The number of rotatable bonds is 5. The van der Waals surface area contributed by atoms with Crippen LogP contribution in [0.4, 0.5) is 5.95 Å². The Hall–Kier alpha value is -2.47. The first-order valence-electron chi connectivity index (χ1n) is 9.00. The van der Waals surface area contributed by atoms with Gasteiger partial charge < -0.3 is 14.9 Å². The maximum Gasteiger partial charge on any atom is 0.226 e. The third-order valence-electron chi connectivity index (χ3n) is 4.95. The fourth-order valence-corrected chi connectivity index (χ4v) is 3.50. The van der Waals surface area contributed by atoms with Crippen LogP contribution in [0.15, 0.2) is 42.7 Å². The van der Waals surface area contributed by atoms with Crippen LogP contribution in [0, 0.1) is 6.92 Å². The second-order valence-corrected chi connectivity index (χ2v) is 7.15. The summed E-state index contributed by atoms with van der Waals surface area (Å²) in [5.74, 6) is 0.639. The lowest BCUT2D eigenvalue weighted by molar-refractivity contribution is -0.132. The van der Waals surface area contributed by atoms with Crippen LogP contribution in [0.25, 0.3) is 0 Å². The van der Waals surface area contributed by atoms with E-state index in [2.05, 4.69) is 9.97 Å². The Morgan fingerprint density at radius 1 is 1.27 bits per heavy atom. The number of aliphatic hydroxyl groups is 1. The molecule has 1 atom stereocenters. The smallest absolute Gasteiger partial charge is 0.226 e. The van der Waals surface area contributed by atoms with Gasteiger partial charge in [0.15, 0.2) is 0 Å². The predicted molar refractivity (Wildman–Crippen MR) is 101 cm³/mol. The molecule has 1 aliphatic heterocycles. The van der Waals surface area contributed by atoms with E-state index in [1.165, 1.54) is 0 Å². The number of anilines is 1. The molecule has 1 amide bonds. The van der Waals surface area contributed by atoms with Crippen LogP contribution in [0.3, 0.4) is 0 Å². The molecule has 1 aromatic carbocycles. The van der Waals surface area contributed by atoms with E-state index in [0.717, 1.165) is 24.1 Å². The highest BCUT2D eigenvalue weighted by Gasteiger charge is 2.36. The summed E-state index contributed by atoms with van der Waals surface area (Å²) in [7, 11) is 1.76. The van der Waals surface area contributed by atoms with Crippen molar-refractivity contribution in [3.63, 3.8) is 0 Å². The second kappa shape index (κ2) is 7.83. The molecule has 3 rings (SSSR count). The van der Waals surface area contributed by atoms with Crippen LogP contribution in [0.1, 0.15) is 24.0 Å². The number of aromatic nitrogens is 2. The minimum atomic E-state index is -0.951. The zero-order chi connectivity index (χ0) is 18.6. The number of amides is 1. The van der Waals surface area contributed by atoms with Gasteiger partial charge in [0.1, 0.15) is 0 Å². The molecule has 2 heterocycles. The molecule has 0 radical (unpaired) electrons. The molecule has 26 heavy (non-hydrogen) atoms. The molecule has 1 aromatic heterocycles. The minimum Gasteiger partial charge on any atom is -0.386 e. The number of piperidine rings is 1. The summed E-state index contributed by atoms with van der Waals surface area (Å²) in [5.41, 5.74) is 1.19. The Labute approximate surface area is 154 Å². The Bertz CT molecular complexity index is 752. The Kier molecular flexibility index (Phi) is 5.52. The lowest BCUT2D eigenvalue weighted by Gasteiger charge is -2.41. The topological polar surface area (TPSA) is 69.6 Å². The highest BCUT2D eigenvalue weighted by Crippen LogP contribution is 2.24. The van der Waals surface area contributed by atoms with Gasteiger partial charge in [-0.2, -0.15) is 0 Å². The molecular formula is C20H26N4O2. The number of nitrogens with zero attached hydrogens (tertiary/aromatic N) is 4. The highest BCUT2D eigenvalue weighted by atomic mass is 16.3. The van der Waals surface area contributed by atoms with Gasteiger partial charge in [-0.25, -0.2) is 9.97 Å². The summed E-state index contributed by atoms with van der Waals surface area (Å²) in [4.78, 5) is 24.8. The van der Waals surface area contributed by atoms with Crippen LogP contribution in [0.2, 0.25) is 0 Å². The number of aryl methyl sites for hydroxylation is 1. The van der Waals surface area contributed by atoms with Gasteiger partial charge in [-0.3, -0.25) is 4.79 Å². The molecule has 1 aliphatic rings. The standard InChI is InChI=1S/C20H26N4O2/c1-16-7-3-4-8-17(16)13-18(25)23(2)14-20(26)9-5-12-24(15-20)19-21-10-6-11-22-19/h3-4,6-8,10-11,26H,5,9,12-15H2,1-2H3/t20-/m1/s1. The van der Waals surface area contributed by atoms with Gasteiger partial charge in [-0.05, 0) is 37.0 Å². The van der Waals surface area contributed by atoms with E-state index < -0.39 is 5.60 Å². The second-order valence-electron chi connectivity index (χ2n) is 7.15. The van der Waals surface area contributed by atoms with Crippen molar-refractivity contribution in [3.8, 4) is 0 Å². The van der Waals surface area contributed by atoms with E-state index in [9.17, 15) is 9.90 Å². The summed E-state index contributed by atoms with van der Waals surface area (Å²) in [5, 5.41) is 11.1. The van der Waals surface area contributed by atoms with Gasteiger partial charge >= 0.3 is 0 Å². The monoisotopic (exact) mass is 354 g/mol. The molecule has 1 saturated heterocycles. The van der Waals surface area contributed by atoms with E-state index in [4.69, 9.17) is 0 Å². The average molecular weight is 354 g/mol. The van der Waals surface area contributed by atoms with Crippen molar-refractivity contribution < 1.29 is 9.90 Å². The molecule has 0 spiro atoms. The first-order valence-corrected chi connectivity index (χ1v) is 9.00. The maximum atomic E-state index is 12.6. The molecule has 138 valence electrons. The molecule has 6 nitrogen and oxygen atoms in total. The van der Waals surface area contributed by atoms with E-state index in [-0.39, 0.29) is 5.91 Å². The minimum absolute atomic E-state index is 0.0146. The third-order valence-corrected chi connectivity index (χ3v) is 4.95. The molecule has 1 N–H and O–H groups in total. The van der Waals surface area contributed by atoms with Crippen molar-refractivity contribution >= 4 is 11.9 Å². The largest absolute Gasteiger partial charge is 0.386 e. The van der Waals surface area contributed by atoms with E-state index in [1.54, 1.807) is 30.4 Å². The highest BCUT2D eigenvalue weighted by molar-refractivity contribution is 5.79. The van der Waals surface area contributed by atoms with Crippen molar-refractivity contribution in [1.29, 1.82) is 0 Å². The van der Waals surface area contributed by atoms with Crippen LogP contribution in [0.5, 0.6) is 0 Å². The van der Waals surface area contributed by atoms with Gasteiger partial charge in [0.05, 0.1) is 25.1 Å². The Balaban J connectivity index is 1.63. The SMILES string of the molecule is Cc1ccccc1CC(=O)N(C)C[C@]1(O)CCCN(c2ncccn2)C1. The first-order chi connectivity index (χ1) is 12.5.